The molecule has 5 rings (SSSR count). The summed E-state index contributed by atoms with van der Waals surface area (Å²) < 4.78 is 29.8. The first-order chi connectivity index (χ1) is 21.9. The lowest BCUT2D eigenvalue weighted by atomic mass is 9.98. The van der Waals surface area contributed by atoms with Crippen LogP contribution in [-0.4, -0.2) is 60.3 Å². The van der Waals surface area contributed by atoms with Crippen molar-refractivity contribution in [3.8, 4) is 0 Å². The Hall–Kier alpha value is -4.93. The normalized spacial score (nSPS) is 20.8. The van der Waals surface area contributed by atoms with Crippen molar-refractivity contribution in [2.45, 2.75) is 41.7 Å². The van der Waals surface area contributed by atoms with E-state index in [1.165, 1.54) is 18.7 Å². The minimum Gasteiger partial charge on any atom is -0.463 e. The van der Waals surface area contributed by atoms with Crippen LogP contribution < -0.4 is 0 Å². The van der Waals surface area contributed by atoms with Crippen molar-refractivity contribution in [1.82, 2.24) is 0 Å². The zero-order chi connectivity index (χ0) is 31.6. The molecule has 1 aliphatic rings. The molecule has 0 bridgehead atoms. The molecule has 4 aromatic carbocycles. The number of carbonyl (C=O) groups excluding carboxylic acids is 4. The molecular weight excluding hydrogens is 596 g/mol. The molecule has 1 saturated heterocycles. The molecule has 0 unspecified atom stereocenters. The van der Waals surface area contributed by atoms with Gasteiger partial charge in [-0.1, -0.05) is 84.6 Å². The van der Waals surface area contributed by atoms with Gasteiger partial charge >= 0.3 is 23.9 Å². The van der Waals surface area contributed by atoms with Gasteiger partial charge in [0.2, 0.25) is 0 Å². The zero-order valence-corrected chi connectivity index (χ0v) is 25.0. The van der Waals surface area contributed by atoms with E-state index in [2.05, 4.69) is 0 Å². The molecule has 10 heteroatoms. The highest BCUT2D eigenvalue weighted by atomic mass is 32.2. The zero-order valence-electron chi connectivity index (χ0n) is 24.2. The van der Waals surface area contributed by atoms with E-state index in [-0.39, 0.29) is 23.3 Å². The molecule has 0 amide bonds. The molecule has 4 aromatic rings. The summed E-state index contributed by atoms with van der Waals surface area (Å²) >= 11 is 1.22. The van der Waals surface area contributed by atoms with E-state index >= 15 is 0 Å². The Morgan fingerprint density at radius 1 is 0.578 bits per heavy atom. The van der Waals surface area contributed by atoms with Gasteiger partial charge in [-0.15, -0.1) is 0 Å². The molecule has 0 aromatic heterocycles. The van der Waals surface area contributed by atoms with Crippen LogP contribution in [-0.2, 0) is 28.5 Å². The number of hydrogen-bond donors (Lipinski definition) is 0. The van der Waals surface area contributed by atoms with E-state index in [1.54, 1.807) is 91.0 Å². The number of ether oxygens (including phenoxy) is 5. The van der Waals surface area contributed by atoms with Crippen molar-refractivity contribution in [3.05, 3.63) is 138 Å². The van der Waals surface area contributed by atoms with Crippen LogP contribution in [0.4, 0.5) is 0 Å². The number of thioether (sulfide) groups is 1. The van der Waals surface area contributed by atoms with Crippen LogP contribution >= 0.6 is 11.8 Å². The third-order valence-corrected chi connectivity index (χ3v) is 7.95. The molecule has 230 valence electrons. The Kier molecular flexibility index (Phi) is 10.6. The summed E-state index contributed by atoms with van der Waals surface area (Å²) in [5.41, 5.74) is -0.251. The molecule has 0 spiro atoms. The lowest BCUT2D eigenvalue weighted by Gasteiger charge is -2.44. The van der Waals surface area contributed by atoms with Gasteiger partial charge in [0.15, 0.2) is 18.3 Å². The fourth-order valence-corrected chi connectivity index (χ4v) is 5.76. The van der Waals surface area contributed by atoms with E-state index < -0.39 is 53.7 Å². The minimum atomic E-state index is -1.37. The van der Waals surface area contributed by atoms with E-state index in [4.69, 9.17) is 23.7 Å². The van der Waals surface area contributed by atoms with Crippen LogP contribution in [0, 0.1) is 0 Å². The van der Waals surface area contributed by atoms with Gasteiger partial charge in [-0.2, -0.15) is 0 Å². The van der Waals surface area contributed by atoms with Crippen LogP contribution in [0.1, 0.15) is 38.0 Å². The van der Waals surface area contributed by atoms with Crippen LogP contribution in [0.5, 0.6) is 0 Å². The smallest absolute Gasteiger partial charge is 0.338 e. The highest BCUT2D eigenvalue weighted by Gasteiger charge is 2.53. The predicted molar refractivity (Wildman–Crippen MR) is 165 cm³/mol. The first-order valence-electron chi connectivity index (χ1n) is 14.2. The number of benzene rings is 4. The summed E-state index contributed by atoms with van der Waals surface area (Å²) in [4.78, 5) is 53.0. The van der Waals surface area contributed by atoms with Gasteiger partial charge in [0, 0.05) is 11.8 Å². The lowest BCUT2D eigenvalue weighted by molar-refractivity contribution is -0.211. The summed E-state index contributed by atoms with van der Waals surface area (Å²) in [6.07, 6.45) is -5.07. The number of carbonyl (C=O) groups is 4. The Bertz CT molecular complexity index is 1580. The maximum absolute atomic E-state index is 13.5. The lowest BCUT2D eigenvalue weighted by Crippen LogP contribution is -2.61. The topological polar surface area (TPSA) is 114 Å². The predicted octanol–water partition coefficient (Wildman–Crippen LogP) is 5.74. The standard InChI is InChI=1S/C35H30O9S/c1-23(36)40-22-28-29(42-32(37)24-14-6-2-7-15-24)30(43-33(38)25-16-8-3-9-17-25)31(44-34(39)26-18-10-4-11-19-26)35(41-28)45-27-20-12-5-13-21-27/h2-21,28-31,35H,22H2,1H3/t28-,29+,30-,31+,35+/m0/s1. The van der Waals surface area contributed by atoms with Gasteiger partial charge in [0.25, 0.3) is 0 Å². The first kappa shape index (κ1) is 31.5. The van der Waals surface area contributed by atoms with Gasteiger partial charge in [0.05, 0.1) is 16.7 Å². The first-order valence-corrected chi connectivity index (χ1v) is 15.1. The molecule has 1 fully saturated rings. The number of esters is 4. The fourth-order valence-electron chi connectivity index (χ4n) is 4.64. The van der Waals surface area contributed by atoms with Gasteiger partial charge < -0.3 is 23.7 Å². The summed E-state index contributed by atoms with van der Waals surface area (Å²) in [6.45, 7) is 0.911. The molecule has 1 heterocycles. The van der Waals surface area contributed by atoms with E-state index in [9.17, 15) is 19.2 Å². The second-order valence-electron chi connectivity index (χ2n) is 9.98. The van der Waals surface area contributed by atoms with E-state index in [1.807, 2.05) is 30.3 Å². The van der Waals surface area contributed by atoms with Gasteiger partial charge in [0.1, 0.15) is 18.1 Å². The molecule has 0 N–H and O–H groups in total. The molecular formula is C35H30O9S. The molecule has 1 aliphatic heterocycles. The van der Waals surface area contributed by atoms with Crippen molar-refractivity contribution in [2.75, 3.05) is 6.61 Å². The quantitative estimate of drug-likeness (QED) is 0.159. The highest BCUT2D eigenvalue weighted by Crippen LogP contribution is 2.38. The van der Waals surface area contributed by atoms with E-state index in [0.29, 0.717) is 0 Å². The van der Waals surface area contributed by atoms with Crippen LogP contribution in [0.15, 0.2) is 126 Å². The Labute approximate surface area is 264 Å². The average molecular weight is 627 g/mol. The molecule has 5 atom stereocenters. The van der Waals surface area contributed by atoms with Crippen LogP contribution in [0.25, 0.3) is 0 Å². The number of hydrogen-bond acceptors (Lipinski definition) is 10. The third kappa shape index (κ3) is 8.37. The second kappa shape index (κ2) is 15.2. The van der Waals surface area contributed by atoms with Gasteiger partial charge in [-0.3, -0.25) is 4.79 Å². The summed E-state index contributed by atoms with van der Waals surface area (Å²) in [5.74, 6) is -2.76. The largest absolute Gasteiger partial charge is 0.463 e. The van der Waals surface area contributed by atoms with Crippen LogP contribution in [0.3, 0.4) is 0 Å². The highest BCUT2D eigenvalue weighted by molar-refractivity contribution is 7.99. The van der Waals surface area contributed by atoms with Crippen molar-refractivity contribution >= 4 is 35.6 Å². The average Bonchev–Trinajstić information content (AvgIpc) is 3.07. The Morgan fingerprint density at radius 3 is 1.42 bits per heavy atom. The Balaban J connectivity index is 1.57. The van der Waals surface area contributed by atoms with E-state index in [0.717, 1.165) is 4.90 Å². The number of rotatable bonds is 10. The summed E-state index contributed by atoms with van der Waals surface area (Å²) in [7, 11) is 0. The summed E-state index contributed by atoms with van der Waals surface area (Å²) in [5, 5.41) is 0. The monoisotopic (exact) mass is 626 g/mol. The molecule has 0 radical (unpaired) electrons. The Morgan fingerprint density at radius 2 is 0.978 bits per heavy atom. The maximum Gasteiger partial charge on any atom is 0.338 e. The van der Waals surface area contributed by atoms with Crippen LogP contribution in [0.2, 0.25) is 0 Å². The fraction of sp³-hybridized carbons (Fsp3) is 0.200. The SMILES string of the molecule is CC(=O)OC[C@@H]1O[C@H](Sc2ccccc2)[C@H](OC(=O)c2ccccc2)[C@@H](OC(=O)c2ccccc2)[C@@H]1OC(=O)c1ccccc1. The third-order valence-electron chi connectivity index (χ3n) is 6.80. The van der Waals surface area contributed by atoms with Gasteiger partial charge in [-0.05, 0) is 48.5 Å². The van der Waals surface area contributed by atoms with Crippen molar-refractivity contribution in [2.24, 2.45) is 0 Å². The minimum absolute atomic E-state index is 0.231. The maximum atomic E-state index is 13.5. The summed E-state index contributed by atoms with van der Waals surface area (Å²) in [6, 6.07) is 34.0. The molecule has 0 saturated carbocycles. The van der Waals surface area contributed by atoms with Crippen molar-refractivity contribution < 1.29 is 42.9 Å². The molecule has 9 nitrogen and oxygen atoms in total. The second-order valence-corrected chi connectivity index (χ2v) is 11.2. The van der Waals surface area contributed by atoms with Crippen molar-refractivity contribution in [3.63, 3.8) is 0 Å². The van der Waals surface area contributed by atoms with Crippen molar-refractivity contribution in [1.29, 1.82) is 0 Å². The molecule has 45 heavy (non-hydrogen) atoms. The van der Waals surface area contributed by atoms with Gasteiger partial charge in [-0.25, -0.2) is 14.4 Å². The molecule has 0 aliphatic carbocycles.